The van der Waals surface area contributed by atoms with Crippen LogP contribution in [0.1, 0.15) is 52.9 Å². The van der Waals surface area contributed by atoms with Crippen molar-refractivity contribution in [3.63, 3.8) is 0 Å². The molecule has 0 aromatic heterocycles. The van der Waals surface area contributed by atoms with Crippen LogP contribution in [0.5, 0.6) is 0 Å². The Balaban J connectivity index is 0.00000225. The maximum Gasteiger partial charge on any atom is 0.193 e. The van der Waals surface area contributed by atoms with Crippen LogP contribution in [0.2, 0.25) is 0 Å². The van der Waals surface area contributed by atoms with E-state index in [0.29, 0.717) is 17.6 Å². The zero-order valence-corrected chi connectivity index (χ0v) is 18.7. The average Bonchev–Trinajstić information content (AvgIpc) is 3.20. The molecule has 5 nitrogen and oxygen atoms in total. The molecular formula is C19H36IN3O2. The number of halogens is 1. The first-order valence-electron chi connectivity index (χ1n) is 9.68. The maximum absolute atomic E-state index is 6.07. The van der Waals surface area contributed by atoms with Crippen LogP contribution < -0.4 is 5.32 Å². The predicted molar refractivity (Wildman–Crippen MR) is 113 cm³/mol. The molecule has 3 fully saturated rings. The molecule has 2 heterocycles. The van der Waals surface area contributed by atoms with Gasteiger partial charge in [0.25, 0.3) is 0 Å². The molecule has 1 saturated carbocycles. The molecule has 2 saturated heterocycles. The molecule has 3 aliphatic rings. The van der Waals surface area contributed by atoms with Crippen molar-refractivity contribution in [3.05, 3.63) is 0 Å². The summed E-state index contributed by atoms with van der Waals surface area (Å²) in [4.78, 5) is 6.99. The first kappa shape index (κ1) is 21.2. The molecule has 1 N–H and O–H groups in total. The highest BCUT2D eigenvalue weighted by molar-refractivity contribution is 14.0. The summed E-state index contributed by atoms with van der Waals surface area (Å²) in [6.07, 6.45) is 6.23. The average molecular weight is 465 g/mol. The van der Waals surface area contributed by atoms with Gasteiger partial charge in [0, 0.05) is 50.2 Å². The molecule has 0 aromatic rings. The summed E-state index contributed by atoms with van der Waals surface area (Å²) >= 11 is 0. The van der Waals surface area contributed by atoms with Gasteiger partial charge < -0.3 is 19.7 Å². The molecule has 3 rings (SSSR count). The number of hydrogen-bond acceptors (Lipinski definition) is 3. The largest absolute Gasteiger partial charge is 0.381 e. The molecule has 6 heteroatoms. The Labute approximate surface area is 170 Å². The zero-order valence-electron chi connectivity index (χ0n) is 16.3. The van der Waals surface area contributed by atoms with E-state index in [1.54, 1.807) is 0 Å². The summed E-state index contributed by atoms with van der Waals surface area (Å²) in [5.74, 6) is 1.06. The second-order valence-corrected chi connectivity index (χ2v) is 8.49. The number of nitrogens with one attached hydrogen (secondary N) is 1. The van der Waals surface area contributed by atoms with Crippen molar-refractivity contribution in [1.29, 1.82) is 0 Å². The van der Waals surface area contributed by atoms with Crippen LogP contribution in [0.25, 0.3) is 0 Å². The van der Waals surface area contributed by atoms with E-state index < -0.39 is 0 Å². The summed E-state index contributed by atoms with van der Waals surface area (Å²) < 4.78 is 11.7. The molecule has 25 heavy (non-hydrogen) atoms. The smallest absolute Gasteiger partial charge is 0.193 e. The first-order valence-corrected chi connectivity index (χ1v) is 9.68. The first-order chi connectivity index (χ1) is 11.5. The van der Waals surface area contributed by atoms with Crippen molar-refractivity contribution in [1.82, 2.24) is 10.2 Å². The summed E-state index contributed by atoms with van der Waals surface area (Å²) in [5, 5.41) is 3.72. The number of guanidine groups is 1. The molecule has 146 valence electrons. The normalized spacial score (nSPS) is 34.1. The van der Waals surface area contributed by atoms with Crippen molar-refractivity contribution in [2.45, 2.75) is 65.0 Å². The van der Waals surface area contributed by atoms with Gasteiger partial charge in [0.15, 0.2) is 5.96 Å². The lowest BCUT2D eigenvalue weighted by Gasteiger charge is -2.52. The van der Waals surface area contributed by atoms with Crippen LogP contribution in [0.3, 0.4) is 0 Å². The number of unbranched alkanes of at least 4 members (excludes halogenated alkanes) is 1. The molecule has 3 atom stereocenters. The molecule has 0 bridgehead atoms. The van der Waals surface area contributed by atoms with Crippen LogP contribution in [-0.2, 0) is 9.47 Å². The molecule has 0 radical (unpaired) electrons. The van der Waals surface area contributed by atoms with Gasteiger partial charge in [0.2, 0.25) is 0 Å². The van der Waals surface area contributed by atoms with E-state index in [4.69, 9.17) is 9.47 Å². The second kappa shape index (κ2) is 8.74. The van der Waals surface area contributed by atoms with Gasteiger partial charge in [-0.1, -0.05) is 27.2 Å². The van der Waals surface area contributed by atoms with Crippen LogP contribution in [-0.4, -0.2) is 63.0 Å². The van der Waals surface area contributed by atoms with Gasteiger partial charge in [0.1, 0.15) is 0 Å². The summed E-state index contributed by atoms with van der Waals surface area (Å²) in [6, 6.07) is 0.444. The second-order valence-electron chi connectivity index (χ2n) is 8.49. The maximum atomic E-state index is 6.07. The van der Waals surface area contributed by atoms with E-state index in [1.165, 1.54) is 19.3 Å². The van der Waals surface area contributed by atoms with E-state index in [9.17, 15) is 0 Å². The van der Waals surface area contributed by atoms with E-state index in [2.05, 4.69) is 36.0 Å². The Morgan fingerprint density at radius 3 is 2.76 bits per heavy atom. The molecule has 1 aliphatic carbocycles. The third-order valence-electron chi connectivity index (χ3n) is 6.43. The lowest BCUT2D eigenvalue weighted by molar-refractivity contribution is -0.114. The Bertz CT molecular complexity index is 464. The van der Waals surface area contributed by atoms with E-state index >= 15 is 0 Å². The van der Waals surface area contributed by atoms with Gasteiger partial charge in [-0.3, -0.25) is 4.99 Å². The fourth-order valence-electron chi connectivity index (χ4n) is 4.32. The Morgan fingerprint density at radius 2 is 2.16 bits per heavy atom. The van der Waals surface area contributed by atoms with Crippen molar-refractivity contribution in [2.75, 3.05) is 40.0 Å². The minimum atomic E-state index is 0. The highest BCUT2D eigenvalue weighted by Gasteiger charge is 2.50. The van der Waals surface area contributed by atoms with E-state index in [-0.39, 0.29) is 29.4 Å². The molecule has 3 unspecified atom stereocenters. The minimum absolute atomic E-state index is 0. The minimum Gasteiger partial charge on any atom is -0.381 e. The lowest BCUT2D eigenvalue weighted by atomic mass is 9.64. The third-order valence-corrected chi connectivity index (χ3v) is 6.43. The van der Waals surface area contributed by atoms with Gasteiger partial charge in [-0.25, -0.2) is 0 Å². The summed E-state index contributed by atoms with van der Waals surface area (Å²) in [7, 11) is 1.90. The van der Waals surface area contributed by atoms with E-state index in [1.807, 2.05) is 7.05 Å². The van der Waals surface area contributed by atoms with Crippen molar-refractivity contribution < 1.29 is 9.47 Å². The van der Waals surface area contributed by atoms with Gasteiger partial charge in [-0.05, 0) is 25.7 Å². The fourth-order valence-corrected chi connectivity index (χ4v) is 4.32. The Hall–Kier alpha value is -0.0800. The standard InChI is InChI=1S/C19H35N3O2.HI/c1-5-6-10-24-16-12-15(18(16,2)3)21-17(20-4)22-9-7-19(13-22)8-11-23-14-19;/h15-16H,5-14H2,1-4H3,(H,20,21);1H. The molecular weight excluding hydrogens is 429 g/mol. The topological polar surface area (TPSA) is 46.1 Å². The number of ether oxygens (including phenoxy) is 2. The van der Waals surface area contributed by atoms with Gasteiger partial charge in [-0.15, -0.1) is 24.0 Å². The van der Waals surface area contributed by atoms with Crippen LogP contribution in [0, 0.1) is 10.8 Å². The highest BCUT2D eigenvalue weighted by atomic mass is 127. The quantitative estimate of drug-likeness (QED) is 0.293. The van der Waals surface area contributed by atoms with Gasteiger partial charge >= 0.3 is 0 Å². The predicted octanol–water partition coefficient (Wildman–Crippen LogP) is 3.28. The Morgan fingerprint density at radius 1 is 1.36 bits per heavy atom. The SMILES string of the molecule is CCCCOC1CC(NC(=NC)N2CCC3(CCOC3)C2)C1(C)C.I. The highest BCUT2D eigenvalue weighted by Crippen LogP contribution is 2.43. The summed E-state index contributed by atoms with van der Waals surface area (Å²) in [6.45, 7) is 11.7. The van der Waals surface area contributed by atoms with Gasteiger partial charge in [0.05, 0.1) is 12.7 Å². The lowest BCUT2D eigenvalue weighted by Crippen LogP contribution is -2.63. The van der Waals surface area contributed by atoms with Crippen LogP contribution >= 0.6 is 24.0 Å². The monoisotopic (exact) mass is 465 g/mol. The Kier molecular flexibility index (Phi) is 7.42. The number of likely N-dealkylation sites (tertiary alicyclic amines) is 1. The number of rotatable bonds is 5. The number of nitrogens with zero attached hydrogens (tertiary/aromatic N) is 2. The number of hydrogen-bond donors (Lipinski definition) is 1. The van der Waals surface area contributed by atoms with Crippen molar-refractivity contribution in [2.24, 2.45) is 15.8 Å². The molecule has 2 aliphatic heterocycles. The fraction of sp³-hybridized carbons (Fsp3) is 0.947. The van der Waals surface area contributed by atoms with Crippen molar-refractivity contribution in [3.8, 4) is 0 Å². The van der Waals surface area contributed by atoms with E-state index in [0.717, 1.165) is 51.7 Å². The van der Waals surface area contributed by atoms with Crippen LogP contribution in [0.15, 0.2) is 4.99 Å². The molecule has 0 aromatic carbocycles. The molecule has 1 spiro atoms. The third kappa shape index (κ3) is 4.43. The molecule has 0 amide bonds. The van der Waals surface area contributed by atoms with Crippen LogP contribution in [0.4, 0.5) is 0 Å². The zero-order chi connectivity index (χ0) is 17.2. The van der Waals surface area contributed by atoms with Crippen molar-refractivity contribution >= 4 is 29.9 Å². The van der Waals surface area contributed by atoms with Gasteiger partial charge in [-0.2, -0.15) is 0 Å². The number of aliphatic imine (C=N–C) groups is 1. The summed E-state index contributed by atoms with van der Waals surface area (Å²) in [5.41, 5.74) is 0.538.